The third kappa shape index (κ3) is 7.85. The summed E-state index contributed by atoms with van der Waals surface area (Å²) in [6.45, 7) is 0. The fourth-order valence-electron chi connectivity index (χ4n) is 1.49. The Balaban J connectivity index is 0.000000246. The summed E-state index contributed by atoms with van der Waals surface area (Å²) >= 11 is 0. The molecule has 0 bridgehead atoms. The number of hydrogen-bond donors (Lipinski definition) is 2. The molecule has 0 amide bonds. The Bertz CT molecular complexity index is 496. The first-order chi connectivity index (χ1) is 9.58. The molecule has 2 rings (SSSR count). The summed E-state index contributed by atoms with van der Waals surface area (Å²) in [5, 5.41) is 0. The highest BCUT2D eigenvalue weighted by atomic mass is 31.2. The van der Waals surface area contributed by atoms with E-state index in [1.165, 1.54) is 11.1 Å². The molecule has 0 aliphatic heterocycles. The quantitative estimate of drug-likeness (QED) is 0.843. The average molecular weight is 312 g/mol. The maximum Gasteiger partial charge on any atom is 0.745 e. The lowest BCUT2D eigenvalue weighted by atomic mass is 10.1. The summed E-state index contributed by atoms with van der Waals surface area (Å²) < 4.78 is 22.2. The zero-order valence-electron chi connectivity index (χ0n) is 10.5. The summed E-state index contributed by atoms with van der Waals surface area (Å²) in [4.78, 5) is 15.3. The molecule has 0 radical (unpaired) electrons. The van der Waals surface area contributed by atoms with Gasteiger partial charge in [-0.05, 0) is 17.5 Å². The number of benzene rings is 2. The Kier molecular flexibility index (Phi) is 7.81. The molecular weight excluding hydrogens is 298 g/mol. The smallest absolute Gasteiger partial charge is 0.131 e. The van der Waals surface area contributed by atoms with E-state index < -0.39 is 16.5 Å². The van der Waals surface area contributed by atoms with Gasteiger partial charge in [-0.1, -0.05) is 60.7 Å². The molecule has 0 fully saturated rings. The average Bonchev–Trinajstić information content (AvgIpc) is 2.40. The van der Waals surface area contributed by atoms with E-state index in [9.17, 15) is 9.13 Å². The molecule has 0 aromatic heterocycles. The van der Waals surface area contributed by atoms with E-state index >= 15 is 0 Å². The van der Waals surface area contributed by atoms with Crippen molar-refractivity contribution in [2.75, 3.05) is 0 Å². The van der Waals surface area contributed by atoms with Gasteiger partial charge in [0, 0.05) is 9.13 Å². The van der Waals surface area contributed by atoms with Crippen LogP contribution in [0.3, 0.4) is 0 Å². The van der Waals surface area contributed by atoms with Crippen LogP contribution in [0.2, 0.25) is 0 Å². The Morgan fingerprint density at radius 3 is 1.35 bits per heavy atom. The van der Waals surface area contributed by atoms with Gasteiger partial charge in [-0.25, -0.2) is 0 Å². The second-order valence-electron chi connectivity index (χ2n) is 3.71. The molecule has 2 N–H and O–H groups in total. The van der Waals surface area contributed by atoms with Crippen LogP contribution in [-0.2, 0) is 19.9 Å². The van der Waals surface area contributed by atoms with E-state index in [0.717, 1.165) is 6.42 Å². The zero-order valence-corrected chi connectivity index (χ0v) is 12.3. The Morgan fingerprint density at radius 1 is 0.750 bits per heavy atom. The van der Waals surface area contributed by atoms with Crippen molar-refractivity contribution in [3.05, 3.63) is 71.8 Å². The predicted molar refractivity (Wildman–Crippen MR) is 76.4 cm³/mol. The van der Waals surface area contributed by atoms with E-state index in [4.69, 9.17) is 9.79 Å². The van der Waals surface area contributed by atoms with Crippen LogP contribution in [0.15, 0.2) is 60.7 Å². The molecule has 0 heterocycles. The van der Waals surface area contributed by atoms with Gasteiger partial charge in [-0.15, -0.1) is 9.79 Å². The lowest BCUT2D eigenvalue weighted by molar-refractivity contribution is 0.371. The van der Waals surface area contributed by atoms with E-state index in [1.807, 2.05) is 0 Å². The van der Waals surface area contributed by atoms with E-state index in [2.05, 4.69) is 65.0 Å². The largest absolute Gasteiger partial charge is 0.745 e. The zero-order chi connectivity index (χ0) is 14.8. The first-order valence-corrected chi connectivity index (χ1v) is 7.92. The number of rotatable bonds is 4. The monoisotopic (exact) mass is 312 g/mol. The van der Waals surface area contributed by atoms with Crippen LogP contribution < -0.4 is 0 Å². The summed E-state index contributed by atoms with van der Waals surface area (Å²) in [5.41, 5.74) is 2.74. The lowest BCUT2D eigenvalue weighted by Crippen LogP contribution is -1.85. The second kappa shape index (κ2) is 9.43. The lowest BCUT2D eigenvalue weighted by Gasteiger charge is -2.00. The van der Waals surface area contributed by atoms with Crippen LogP contribution in [0, 0.1) is 0 Å². The van der Waals surface area contributed by atoms with Crippen LogP contribution >= 0.6 is 16.5 Å². The summed E-state index contributed by atoms with van der Waals surface area (Å²) in [6.07, 6.45) is 1.03. The fourth-order valence-corrected chi connectivity index (χ4v) is 1.97. The molecule has 104 valence electrons. The highest BCUT2D eigenvalue weighted by Crippen LogP contribution is 2.30. The summed E-state index contributed by atoms with van der Waals surface area (Å²) in [7, 11) is -5.85. The molecule has 7 heteroatoms. The van der Waals surface area contributed by atoms with E-state index in [0.29, 0.717) is 0 Å². The normalized spacial score (nSPS) is 11.1. The fraction of sp³-hybridized carbons (Fsp3) is 0.0769. The highest BCUT2D eigenvalue weighted by molar-refractivity contribution is 7.46. The molecule has 2 aromatic rings. The highest BCUT2D eigenvalue weighted by Gasteiger charge is 2.31. The molecule has 0 aliphatic carbocycles. The van der Waals surface area contributed by atoms with Gasteiger partial charge in [0.1, 0.15) is 0 Å². The van der Waals surface area contributed by atoms with Gasteiger partial charge in [-0.2, -0.15) is 0 Å². The number of hydrogen-bond acceptors (Lipinski definition) is 3. The van der Waals surface area contributed by atoms with E-state index in [-0.39, 0.29) is 0 Å². The maximum atomic E-state index is 9.39. The van der Waals surface area contributed by atoms with Crippen molar-refractivity contribution >= 4 is 16.5 Å². The predicted octanol–water partition coefficient (Wildman–Crippen LogP) is 3.58. The molecule has 2 aromatic carbocycles. The van der Waals surface area contributed by atoms with Crippen molar-refractivity contribution in [1.82, 2.24) is 0 Å². The third-order valence-corrected chi connectivity index (χ3v) is 3.35. The van der Waals surface area contributed by atoms with Crippen LogP contribution in [0.4, 0.5) is 0 Å². The summed E-state index contributed by atoms with van der Waals surface area (Å²) in [5.74, 6) is 0. The minimum absolute atomic E-state index is 1.03. The third-order valence-electron chi connectivity index (χ3n) is 2.23. The van der Waals surface area contributed by atoms with Crippen LogP contribution in [0.25, 0.3) is 0 Å². The van der Waals surface area contributed by atoms with Gasteiger partial charge in [0.2, 0.25) is 0 Å². The minimum Gasteiger partial charge on any atom is -0.131 e. The molecule has 2 atom stereocenters. The molecule has 2 unspecified atom stereocenters. The molecule has 0 saturated carbocycles. The van der Waals surface area contributed by atoms with Gasteiger partial charge < -0.3 is 0 Å². The minimum atomic E-state index is -2.92. The molecule has 5 nitrogen and oxygen atoms in total. The van der Waals surface area contributed by atoms with Crippen molar-refractivity contribution in [3.63, 3.8) is 0 Å². The summed E-state index contributed by atoms with van der Waals surface area (Å²) in [6, 6.07) is 21.1. The molecule has 0 aliphatic rings. The molecule has 20 heavy (non-hydrogen) atoms. The topological polar surface area (TPSA) is 83.8 Å². The maximum absolute atomic E-state index is 9.39. The van der Waals surface area contributed by atoms with Crippen LogP contribution in [0.1, 0.15) is 11.1 Å². The van der Waals surface area contributed by atoms with Crippen LogP contribution in [-0.4, -0.2) is 9.79 Å². The second-order valence-corrected chi connectivity index (χ2v) is 5.31. The Labute approximate surface area is 118 Å². The van der Waals surface area contributed by atoms with Gasteiger partial charge in [0.05, 0.1) is 0 Å². The Hall–Kier alpha value is -1.48. The standard InChI is InChI=1S/C13H12.O5P2/c1-3-7-12(8-4-1)11-13-9-5-2-6-10-13;1-6(2)5-7(3)4/h1-10H,11H2;/p+2. The SMILES string of the molecule is O=[P+](O)O[P+](=O)O.c1ccc(Cc2ccccc2)cc1. The first kappa shape index (κ1) is 16.6. The van der Waals surface area contributed by atoms with Crippen LogP contribution in [0.5, 0.6) is 0 Å². The van der Waals surface area contributed by atoms with Gasteiger partial charge in [0.25, 0.3) is 0 Å². The van der Waals surface area contributed by atoms with Crippen molar-refractivity contribution in [2.45, 2.75) is 6.42 Å². The van der Waals surface area contributed by atoms with Gasteiger partial charge in [-0.3, -0.25) is 0 Å². The van der Waals surface area contributed by atoms with Crippen molar-refractivity contribution in [2.24, 2.45) is 0 Å². The van der Waals surface area contributed by atoms with Crippen molar-refractivity contribution < 1.29 is 23.2 Å². The van der Waals surface area contributed by atoms with E-state index in [1.54, 1.807) is 0 Å². The van der Waals surface area contributed by atoms with Gasteiger partial charge >= 0.3 is 16.5 Å². The molecule has 0 spiro atoms. The Morgan fingerprint density at radius 2 is 1.10 bits per heavy atom. The first-order valence-electron chi connectivity index (χ1n) is 5.66. The molecule has 0 saturated heterocycles. The van der Waals surface area contributed by atoms with Crippen molar-refractivity contribution in [3.8, 4) is 0 Å². The molecular formula is C13H14O5P2+2. The van der Waals surface area contributed by atoms with Gasteiger partial charge in [0.15, 0.2) is 4.31 Å². The van der Waals surface area contributed by atoms with Crippen molar-refractivity contribution in [1.29, 1.82) is 0 Å².